The molecule has 1 saturated heterocycles. The Hall–Kier alpha value is -1.86. The fourth-order valence-electron chi connectivity index (χ4n) is 2.42. The molecule has 1 N–H and O–H groups in total. The molecular weight excluding hydrogens is 290 g/mol. The topological polar surface area (TPSA) is 69.8 Å². The van der Waals surface area contributed by atoms with E-state index in [1.807, 2.05) is 17.9 Å². The number of aromatic hydroxyl groups is 1. The second-order valence-corrected chi connectivity index (χ2v) is 6.08. The molecule has 0 radical (unpaired) electrons. The molecule has 1 aliphatic rings. The van der Waals surface area contributed by atoms with Gasteiger partial charge in [0, 0.05) is 50.2 Å². The van der Waals surface area contributed by atoms with E-state index < -0.39 is 0 Å². The second-order valence-electron chi connectivity index (χ2n) is 5.17. The molecule has 3 rings (SSSR count). The molecule has 1 fully saturated rings. The van der Waals surface area contributed by atoms with Gasteiger partial charge in [0.05, 0.1) is 10.6 Å². The second kappa shape index (κ2) is 5.87. The Morgan fingerprint density at radius 3 is 2.71 bits per heavy atom. The van der Waals surface area contributed by atoms with Crippen LogP contribution in [0, 0.1) is 6.92 Å². The van der Waals surface area contributed by atoms with Gasteiger partial charge in [-0.1, -0.05) is 5.16 Å². The summed E-state index contributed by atoms with van der Waals surface area (Å²) in [5.41, 5.74) is 0.926. The highest BCUT2D eigenvalue weighted by atomic mass is 32.1. The number of hydrogen-bond donors (Lipinski definition) is 1. The Morgan fingerprint density at radius 2 is 2.14 bits per heavy atom. The lowest BCUT2D eigenvalue weighted by Gasteiger charge is -2.34. The minimum Gasteiger partial charge on any atom is -0.507 e. The molecule has 1 aliphatic heterocycles. The van der Waals surface area contributed by atoms with Gasteiger partial charge in [-0.2, -0.15) is 0 Å². The number of piperazine rings is 1. The smallest absolute Gasteiger partial charge is 0.264 e. The number of hydrogen-bond acceptors (Lipinski definition) is 6. The van der Waals surface area contributed by atoms with Crippen molar-refractivity contribution in [1.82, 2.24) is 15.0 Å². The first-order valence-electron chi connectivity index (χ1n) is 6.83. The number of thiophene rings is 1. The highest BCUT2D eigenvalue weighted by molar-refractivity contribution is 7.12. The molecule has 0 aromatic carbocycles. The number of amides is 1. The van der Waals surface area contributed by atoms with Crippen LogP contribution in [0.2, 0.25) is 0 Å². The zero-order valence-electron chi connectivity index (χ0n) is 11.8. The third-order valence-electron chi connectivity index (χ3n) is 3.52. The summed E-state index contributed by atoms with van der Waals surface area (Å²) in [4.78, 5) is 16.9. The average Bonchev–Trinajstić information content (AvgIpc) is 3.08. The van der Waals surface area contributed by atoms with Gasteiger partial charge in [0.25, 0.3) is 5.91 Å². The largest absolute Gasteiger partial charge is 0.507 e. The van der Waals surface area contributed by atoms with Crippen molar-refractivity contribution in [3.63, 3.8) is 0 Å². The van der Waals surface area contributed by atoms with Crippen molar-refractivity contribution in [3.05, 3.63) is 33.8 Å². The Labute approximate surface area is 126 Å². The van der Waals surface area contributed by atoms with E-state index in [1.165, 1.54) is 17.4 Å². The van der Waals surface area contributed by atoms with Gasteiger partial charge in [-0.25, -0.2) is 0 Å². The number of rotatable bonds is 3. The van der Waals surface area contributed by atoms with Gasteiger partial charge in [-0.05, 0) is 6.92 Å². The third-order valence-corrected chi connectivity index (χ3v) is 4.42. The maximum atomic E-state index is 12.3. The van der Waals surface area contributed by atoms with Crippen molar-refractivity contribution in [3.8, 4) is 5.75 Å². The van der Waals surface area contributed by atoms with Crippen LogP contribution in [0.15, 0.2) is 22.0 Å². The summed E-state index contributed by atoms with van der Waals surface area (Å²) in [6.07, 6.45) is 0. The quantitative estimate of drug-likeness (QED) is 0.935. The number of carbonyl (C=O) groups excluding carboxylic acids is 1. The van der Waals surface area contributed by atoms with E-state index in [9.17, 15) is 9.90 Å². The molecule has 3 heterocycles. The minimum atomic E-state index is -0.00256. The van der Waals surface area contributed by atoms with Crippen LogP contribution in [0.1, 0.15) is 21.1 Å². The van der Waals surface area contributed by atoms with Crippen LogP contribution in [0.25, 0.3) is 0 Å². The van der Waals surface area contributed by atoms with Crippen molar-refractivity contribution in [2.45, 2.75) is 13.5 Å². The number of aryl methyl sites for hydroxylation is 1. The number of nitrogens with zero attached hydrogens (tertiary/aromatic N) is 3. The molecule has 1 amide bonds. The molecule has 0 atom stereocenters. The lowest BCUT2D eigenvalue weighted by molar-refractivity contribution is 0.0630. The Bertz CT molecular complexity index is 629. The summed E-state index contributed by atoms with van der Waals surface area (Å²) < 4.78 is 5.06. The van der Waals surface area contributed by atoms with E-state index in [0.717, 1.165) is 31.1 Å². The highest BCUT2D eigenvalue weighted by Gasteiger charge is 2.23. The molecule has 7 heteroatoms. The van der Waals surface area contributed by atoms with Crippen LogP contribution in [0.5, 0.6) is 5.75 Å². The molecule has 21 heavy (non-hydrogen) atoms. The minimum absolute atomic E-state index is 0.00256. The summed E-state index contributed by atoms with van der Waals surface area (Å²) >= 11 is 1.28. The Balaban J connectivity index is 1.54. The molecule has 0 unspecified atom stereocenters. The van der Waals surface area contributed by atoms with Gasteiger partial charge in [0.2, 0.25) is 0 Å². The molecular formula is C14H17N3O3S. The first kappa shape index (κ1) is 14.1. The molecule has 6 nitrogen and oxygen atoms in total. The number of carbonyl (C=O) groups is 1. The zero-order chi connectivity index (χ0) is 14.8. The summed E-state index contributed by atoms with van der Waals surface area (Å²) in [5.74, 6) is 0.969. The van der Waals surface area contributed by atoms with Crippen LogP contribution >= 0.6 is 11.3 Å². The van der Waals surface area contributed by atoms with Crippen molar-refractivity contribution in [2.24, 2.45) is 0 Å². The van der Waals surface area contributed by atoms with Crippen molar-refractivity contribution >= 4 is 17.2 Å². The van der Waals surface area contributed by atoms with Gasteiger partial charge < -0.3 is 14.5 Å². The first-order valence-corrected chi connectivity index (χ1v) is 7.71. The van der Waals surface area contributed by atoms with E-state index in [0.29, 0.717) is 18.0 Å². The SMILES string of the molecule is Cc1cc(CN2CCN(C(=O)c3cc(O)cs3)CC2)no1. The van der Waals surface area contributed by atoms with Gasteiger partial charge in [-0.15, -0.1) is 11.3 Å². The van der Waals surface area contributed by atoms with Crippen LogP contribution < -0.4 is 0 Å². The van der Waals surface area contributed by atoms with E-state index in [-0.39, 0.29) is 11.7 Å². The molecule has 0 aliphatic carbocycles. The molecule has 2 aromatic heterocycles. The third kappa shape index (κ3) is 3.25. The lowest BCUT2D eigenvalue weighted by Crippen LogP contribution is -2.48. The van der Waals surface area contributed by atoms with Crippen LogP contribution in [0.3, 0.4) is 0 Å². The van der Waals surface area contributed by atoms with Gasteiger partial charge in [0.1, 0.15) is 11.5 Å². The summed E-state index contributed by atoms with van der Waals surface area (Å²) in [7, 11) is 0. The van der Waals surface area contributed by atoms with Crippen LogP contribution in [-0.4, -0.2) is 52.1 Å². The van der Waals surface area contributed by atoms with Crippen molar-refractivity contribution in [2.75, 3.05) is 26.2 Å². The van der Waals surface area contributed by atoms with Crippen LogP contribution in [-0.2, 0) is 6.54 Å². The number of aromatic nitrogens is 1. The van der Waals surface area contributed by atoms with E-state index in [4.69, 9.17) is 4.52 Å². The molecule has 0 spiro atoms. The summed E-state index contributed by atoms with van der Waals surface area (Å²) in [5, 5.41) is 14.9. The highest BCUT2D eigenvalue weighted by Crippen LogP contribution is 2.22. The maximum absolute atomic E-state index is 12.3. The fraction of sp³-hybridized carbons (Fsp3) is 0.429. The standard InChI is InChI=1S/C14H17N3O3S/c1-10-6-11(15-20-10)8-16-2-4-17(5-3-16)14(19)13-7-12(18)9-21-13/h6-7,9,18H,2-5,8H2,1H3. The maximum Gasteiger partial charge on any atom is 0.264 e. The summed E-state index contributed by atoms with van der Waals surface area (Å²) in [6, 6.07) is 3.46. The molecule has 0 saturated carbocycles. The zero-order valence-corrected chi connectivity index (χ0v) is 12.6. The van der Waals surface area contributed by atoms with E-state index in [1.54, 1.807) is 5.38 Å². The van der Waals surface area contributed by atoms with E-state index in [2.05, 4.69) is 10.1 Å². The monoisotopic (exact) mass is 307 g/mol. The van der Waals surface area contributed by atoms with Gasteiger partial charge in [-0.3, -0.25) is 9.69 Å². The molecule has 0 bridgehead atoms. The van der Waals surface area contributed by atoms with Crippen molar-refractivity contribution < 1.29 is 14.4 Å². The molecule has 112 valence electrons. The lowest BCUT2D eigenvalue weighted by atomic mass is 10.2. The van der Waals surface area contributed by atoms with Crippen LogP contribution in [0.4, 0.5) is 0 Å². The Morgan fingerprint density at radius 1 is 1.38 bits per heavy atom. The normalized spacial score (nSPS) is 16.3. The summed E-state index contributed by atoms with van der Waals surface area (Å²) in [6.45, 7) is 5.63. The first-order chi connectivity index (χ1) is 10.1. The predicted octanol–water partition coefficient (Wildman–Crippen LogP) is 1.71. The average molecular weight is 307 g/mol. The van der Waals surface area contributed by atoms with Crippen molar-refractivity contribution in [1.29, 1.82) is 0 Å². The fourth-order valence-corrected chi connectivity index (χ4v) is 3.16. The molecule has 2 aromatic rings. The Kier molecular flexibility index (Phi) is 3.94. The van der Waals surface area contributed by atoms with E-state index >= 15 is 0 Å². The predicted molar refractivity (Wildman–Crippen MR) is 78.4 cm³/mol. The van der Waals surface area contributed by atoms with Gasteiger partial charge >= 0.3 is 0 Å². The van der Waals surface area contributed by atoms with Gasteiger partial charge in [0.15, 0.2) is 0 Å².